The van der Waals surface area contributed by atoms with Gasteiger partial charge < -0.3 is 14.4 Å². The molecular formula is C15H18ClN3O2S. The van der Waals surface area contributed by atoms with Crippen LogP contribution in [0.5, 0.6) is 5.75 Å². The van der Waals surface area contributed by atoms with Crippen LogP contribution in [0.2, 0.25) is 5.02 Å². The molecule has 3 heterocycles. The molecule has 1 aromatic heterocycles. The molecule has 0 bridgehead atoms. The molecule has 0 spiro atoms. The number of thiazole rings is 1. The minimum atomic E-state index is 0.619. The Labute approximate surface area is 138 Å². The van der Waals surface area contributed by atoms with Gasteiger partial charge in [0, 0.05) is 32.2 Å². The maximum atomic E-state index is 6.29. The van der Waals surface area contributed by atoms with Crippen LogP contribution >= 0.6 is 22.9 Å². The topological polar surface area (TPSA) is 37.8 Å². The van der Waals surface area contributed by atoms with E-state index in [2.05, 4.69) is 9.80 Å². The maximum Gasteiger partial charge on any atom is 0.186 e. The number of aromatic nitrogens is 1. The lowest BCUT2D eigenvalue weighted by molar-refractivity contribution is 0.0105. The second-order valence-electron chi connectivity index (χ2n) is 5.63. The Bertz CT molecular complexity index is 681. The van der Waals surface area contributed by atoms with Crippen LogP contribution in [0.4, 0.5) is 5.13 Å². The zero-order chi connectivity index (χ0) is 15.1. The molecule has 0 unspecified atom stereocenters. The second-order valence-corrected chi connectivity index (χ2v) is 7.02. The van der Waals surface area contributed by atoms with E-state index in [0.29, 0.717) is 6.04 Å². The molecule has 2 fully saturated rings. The van der Waals surface area contributed by atoms with E-state index in [4.69, 9.17) is 26.1 Å². The summed E-state index contributed by atoms with van der Waals surface area (Å²) < 4.78 is 11.8. The molecule has 2 saturated heterocycles. The fourth-order valence-corrected chi connectivity index (χ4v) is 4.30. The number of benzene rings is 1. The third-order valence-corrected chi connectivity index (χ3v) is 5.94. The highest BCUT2D eigenvalue weighted by Gasteiger charge is 2.34. The van der Waals surface area contributed by atoms with Gasteiger partial charge in [0.25, 0.3) is 0 Å². The van der Waals surface area contributed by atoms with Crippen molar-refractivity contribution < 1.29 is 9.47 Å². The van der Waals surface area contributed by atoms with Crippen LogP contribution in [0, 0.1) is 0 Å². The third-order valence-electron chi connectivity index (χ3n) is 4.36. The number of hydrogen-bond acceptors (Lipinski definition) is 6. The summed E-state index contributed by atoms with van der Waals surface area (Å²) in [6.45, 7) is 5.84. The molecule has 0 N–H and O–H groups in total. The largest absolute Gasteiger partial charge is 0.494 e. The maximum absolute atomic E-state index is 6.29. The van der Waals surface area contributed by atoms with E-state index in [9.17, 15) is 0 Å². The Kier molecular flexibility index (Phi) is 3.86. The average molecular weight is 340 g/mol. The first kappa shape index (κ1) is 14.5. The van der Waals surface area contributed by atoms with E-state index in [1.54, 1.807) is 18.4 Å². The molecule has 22 heavy (non-hydrogen) atoms. The Balaban J connectivity index is 1.52. The molecule has 118 valence electrons. The minimum absolute atomic E-state index is 0.619. The van der Waals surface area contributed by atoms with Crippen molar-refractivity contribution in [2.45, 2.75) is 6.04 Å². The van der Waals surface area contributed by atoms with E-state index in [1.807, 2.05) is 12.1 Å². The normalized spacial score (nSPS) is 20.4. The van der Waals surface area contributed by atoms with Crippen molar-refractivity contribution in [1.29, 1.82) is 0 Å². The lowest BCUT2D eigenvalue weighted by Crippen LogP contribution is -2.61. The van der Waals surface area contributed by atoms with Gasteiger partial charge in [0.15, 0.2) is 5.13 Å². The van der Waals surface area contributed by atoms with Crippen LogP contribution < -0.4 is 9.64 Å². The number of ether oxygens (including phenoxy) is 2. The van der Waals surface area contributed by atoms with Gasteiger partial charge in [0.1, 0.15) is 11.3 Å². The molecule has 2 aliphatic heterocycles. The molecule has 4 rings (SSSR count). The van der Waals surface area contributed by atoms with E-state index < -0.39 is 0 Å². The van der Waals surface area contributed by atoms with Crippen molar-refractivity contribution in [3.8, 4) is 5.75 Å². The number of hydrogen-bond donors (Lipinski definition) is 0. The highest BCUT2D eigenvalue weighted by Crippen LogP contribution is 2.40. The second kappa shape index (κ2) is 5.85. The highest BCUT2D eigenvalue weighted by atomic mass is 35.5. The first-order valence-corrected chi connectivity index (χ1v) is 8.65. The number of anilines is 1. The fraction of sp³-hybridized carbons (Fsp3) is 0.533. The van der Waals surface area contributed by atoms with Crippen molar-refractivity contribution in [1.82, 2.24) is 9.88 Å². The van der Waals surface area contributed by atoms with Gasteiger partial charge in [-0.1, -0.05) is 22.9 Å². The van der Waals surface area contributed by atoms with E-state index in [1.165, 1.54) is 0 Å². The van der Waals surface area contributed by atoms with Gasteiger partial charge in [0.2, 0.25) is 0 Å². The molecule has 5 nitrogen and oxygen atoms in total. The van der Waals surface area contributed by atoms with Crippen molar-refractivity contribution in [3.63, 3.8) is 0 Å². The number of nitrogens with zero attached hydrogens (tertiary/aromatic N) is 3. The molecule has 2 aromatic rings. The summed E-state index contributed by atoms with van der Waals surface area (Å²) in [6.07, 6.45) is 0. The Morgan fingerprint density at radius 2 is 2.09 bits per heavy atom. The molecule has 0 radical (unpaired) electrons. The van der Waals surface area contributed by atoms with Gasteiger partial charge in [0.05, 0.1) is 30.0 Å². The van der Waals surface area contributed by atoms with E-state index >= 15 is 0 Å². The van der Waals surface area contributed by atoms with Crippen LogP contribution in [0.25, 0.3) is 10.2 Å². The molecule has 0 saturated carbocycles. The molecule has 0 amide bonds. The zero-order valence-electron chi connectivity index (χ0n) is 12.4. The molecule has 0 aliphatic carbocycles. The highest BCUT2D eigenvalue weighted by molar-refractivity contribution is 7.22. The summed E-state index contributed by atoms with van der Waals surface area (Å²) >= 11 is 7.94. The first-order valence-electron chi connectivity index (χ1n) is 7.46. The lowest BCUT2D eigenvalue weighted by atomic mass is 10.1. The van der Waals surface area contributed by atoms with Gasteiger partial charge in [-0.25, -0.2) is 4.98 Å². The fourth-order valence-electron chi connectivity index (χ4n) is 3.03. The lowest BCUT2D eigenvalue weighted by Gasteiger charge is -2.46. The van der Waals surface area contributed by atoms with Gasteiger partial charge >= 0.3 is 0 Å². The smallest absolute Gasteiger partial charge is 0.186 e. The monoisotopic (exact) mass is 339 g/mol. The van der Waals surface area contributed by atoms with E-state index in [0.717, 1.165) is 65.5 Å². The van der Waals surface area contributed by atoms with Crippen molar-refractivity contribution in [3.05, 3.63) is 17.2 Å². The predicted octanol–water partition coefficient (Wildman–Crippen LogP) is 2.48. The van der Waals surface area contributed by atoms with Gasteiger partial charge in [-0.2, -0.15) is 0 Å². The van der Waals surface area contributed by atoms with Gasteiger partial charge in [-0.05, 0) is 12.1 Å². The van der Waals surface area contributed by atoms with Crippen LogP contribution in [0.3, 0.4) is 0 Å². The van der Waals surface area contributed by atoms with Crippen LogP contribution in [0.1, 0.15) is 0 Å². The summed E-state index contributed by atoms with van der Waals surface area (Å²) in [4.78, 5) is 9.57. The predicted molar refractivity (Wildman–Crippen MR) is 89.6 cm³/mol. The number of halogens is 1. The van der Waals surface area contributed by atoms with Crippen LogP contribution in [-0.2, 0) is 4.74 Å². The summed E-state index contributed by atoms with van der Waals surface area (Å²) in [5.41, 5.74) is 0.866. The van der Waals surface area contributed by atoms with E-state index in [-0.39, 0.29) is 0 Å². The molecule has 0 atom stereocenters. The Morgan fingerprint density at radius 1 is 1.32 bits per heavy atom. The number of rotatable bonds is 3. The number of morpholine rings is 1. The summed E-state index contributed by atoms with van der Waals surface area (Å²) in [5, 5.41) is 1.77. The third kappa shape index (κ3) is 2.44. The van der Waals surface area contributed by atoms with Crippen molar-refractivity contribution >= 4 is 38.3 Å². The quantitative estimate of drug-likeness (QED) is 0.859. The molecular weight excluding hydrogens is 322 g/mol. The minimum Gasteiger partial charge on any atom is -0.494 e. The summed E-state index contributed by atoms with van der Waals surface area (Å²) in [6, 6.07) is 4.37. The molecule has 2 aliphatic rings. The SMILES string of the molecule is COc1ccc(Cl)c2sc(N3CC(N4CCOCC4)C3)nc12. The standard InChI is InChI=1S/C15H18ClN3O2S/c1-20-12-3-2-11(16)14-13(12)17-15(22-14)19-8-10(9-19)18-4-6-21-7-5-18/h2-3,10H,4-9H2,1H3. The zero-order valence-corrected chi connectivity index (χ0v) is 14.0. The van der Waals surface area contributed by atoms with Gasteiger partial charge in [-0.15, -0.1) is 0 Å². The van der Waals surface area contributed by atoms with Gasteiger partial charge in [-0.3, -0.25) is 4.90 Å². The van der Waals surface area contributed by atoms with Crippen LogP contribution in [0.15, 0.2) is 12.1 Å². The van der Waals surface area contributed by atoms with Crippen molar-refractivity contribution in [2.75, 3.05) is 51.4 Å². The summed E-state index contributed by atoms with van der Waals surface area (Å²) in [5.74, 6) is 0.784. The number of methoxy groups -OCH3 is 1. The first-order chi connectivity index (χ1) is 10.8. The summed E-state index contributed by atoms with van der Waals surface area (Å²) in [7, 11) is 1.67. The Morgan fingerprint density at radius 3 is 2.82 bits per heavy atom. The average Bonchev–Trinajstić information content (AvgIpc) is 2.93. The molecule has 1 aromatic carbocycles. The molecule has 7 heteroatoms. The Hall–Kier alpha value is -1.08. The van der Waals surface area contributed by atoms with Crippen LogP contribution in [-0.4, -0.2) is 62.4 Å². The number of fused-ring (bicyclic) bond motifs is 1. The van der Waals surface area contributed by atoms with Crippen molar-refractivity contribution in [2.24, 2.45) is 0 Å².